The molecule has 0 aromatic heterocycles. The quantitative estimate of drug-likeness (QED) is 0.441. The first-order valence-corrected chi connectivity index (χ1v) is 11.0. The predicted molar refractivity (Wildman–Crippen MR) is 126 cm³/mol. The molecule has 0 unspecified atom stereocenters. The van der Waals surface area contributed by atoms with E-state index in [-0.39, 0.29) is 38.3 Å². The molecule has 4 nitrogen and oxygen atoms in total. The van der Waals surface area contributed by atoms with Crippen LogP contribution in [0.4, 0.5) is 0 Å². The van der Waals surface area contributed by atoms with E-state index >= 15 is 0 Å². The average Bonchev–Trinajstić information content (AvgIpc) is 3.50. The van der Waals surface area contributed by atoms with E-state index in [0.717, 1.165) is 38.5 Å². The summed E-state index contributed by atoms with van der Waals surface area (Å²) in [5.74, 6) is 0.862. The van der Waals surface area contributed by atoms with Crippen LogP contribution < -0.4 is 0 Å². The lowest BCUT2D eigenvalue weighted by Crippen LogP contribution is -2.49. The molecule has 0 aromatic rings. The first-order chi connectivity index (χ1) is 12.9. The van der Waals surface area contributed by atoms with Gasteiger partial charge in [0.1, 0.15) is 11.2 Å². The van der Waals surface area contributed by atoms with Crippen LogP contribution >= 0.6 is 0 Å². The zero-order valence-corrected chi connectivity index (χ0v) is 18.7. The van der Waals surface area contributed by atoms with Gasteiger partial charge in [0.15, 0.2) is 0 Å². The maximum Gasteiger partial charge on any atom is 0.120 e. The summed E-state index contributed by atoms with van der Waals surface area (Å²) in [5.41, 5.74) is 0.532. The van der Waals surface area contributed by atoms with Gasteiger partial charge < -0.3 is 19.7 Å². The molecule has 8 atom stereocenters. The van der Waals surface area contributed by atoms with Gasteiger partial charge in [0.25, 0.3) is 0 Å². The molecule has 4 heteroatoms. The van der Waals surface area contributed by atoms with Gasteiger partial charge in [-0.05, 0) is 78.1 Å². The fourth-order valence-corrected chi connectivity index (χ4v) is 5.53. The van der Waals surface area contributed by atoms with E-state index in [4.69, 9.17) is 9.47 Å². The third-order valence-electron chi connectivity index (χ3n) is 8.47. The summed E-state index contributed by atoms with van der Waals surface area (Å²) in [6.45, 7) is 20.2. The first kappa shape index (κ1) is 27.4. The number of rotatable bonds is 4. The largest absolute Gasteiger partial charge is 0.387 e. The van der Waals surface area contributed by atoms with E-state index in [2.05, 4.69) is 13.2 Å². The number of ether oxygens (including phenoxy) is 2. The number of epoxide rings is 2. The zero-order valence-electron chi connectivity index (χ0n) is 18.7. The second-order valence-electron chi connectivity index (χ2n) is 10.2. The minimum Gasteiger partial charge on any atom is -0.387 e. The van der Waals surface area contributed by atoms with Gasteiger partial charge in [-0.2, -0.15) is 0 Å². The molecule has 176 valence electrons. The van der Waals surface area contributed by atoms with Crippen LogP contribution in [0.2, 0.25) is 0 Å². The molecule has 30 heavy (non-hydrogen) atoms. The van der Waals surface area contributed by atoms with Gasteiger partial charge in [-0.1, -0.05) is 53.0 Å². The van der Waals surface area contributed by atoms with Gasteiger partial charge in [-0.3, -0.25) is 0 Å². The summed E-state index contributed by atoms with van der Waals surface area (Å²) in [6.07, 6.45) is 5.74. The number of fused-ring (bicyclic) bond motifs is 2. The van der Waals surface area contributed by atoms with Crippen molar-refractivity contribution in [1.29, 1.82) is 0 Å². The summed E-state index contributed by atoms with van der Waals surface area (Å²) in [6, 6.07) is 0. The van der Waals surface area contributed by atoms with Crippen LogP contribution in [-0.4, -0.2) is 44.8 Å². The normalized spacial score (nSPS) is 47.7. The van der Waals surface area contributed by atoms with E-state index in [1.807, 2.05) is 41.5 Å². The standard InChI is InChI=1S/2C12H20O2.2CH4/c2*1-5-12(13)7-9(8(2)3)6-10-11(12,4)14-10;;/h2*9-10,13H,2,5-7H2,1,3-4H3;2*1H4/t2*9-,10+,11+,12-;;/m00../s1. The number of hydrogen-bond donors (Lipinski definition) is 2. The highest BCUT2D eigenvalue weighted by Crippen LogP contribution is 2.58. The van der Waals surface area contributed by atoms with Crippen LogP contribution in [0.5, 0.6) is 0 Å². The monoisotopic (exact) mass is 424 g/mol. The van der Waals surface area contributed by atoms with Crippen LogP contribution in [0.1, 0.15) is 94.9 Å². The van der Waals surface area contributed by atoms with Crippen molar-refractivity contribution in [2.24, 2.45) is 11.8 Å². The third kappa shape index (κ3) is 4.18. The minimum atomic E-state index is -0.639. The number of allylic oxidation sites excluding steroid dienone is 2. The Morgan fingerprint density at radius 2 is 1.10 bits per heavy atom. The van der Waals surface area contributed by atoms with Crippen molar-refractivity contribution in [1.82, 2.24) is 0 Å². The SMILES string of the molecule is C.C.C=C(C)[C@H]1C[C@H]2O[C@@]2(C)[C@](O)(CC)C1.C=C(C)[C@H]1C[C@H]2O[C@@]2(C)[C@](O)(CC)C1. The Kier molecular flexibility index (Phi) is 7.92. The van der Waals surface area contributed by atoms with Crippen LogP contribution in [0.15, 0.2) is 24.3 Å². The predicted octanol–water partition coefficient (Wildman–Crippen LogP) is 5.81. The third-order valence-corrected chi connectivity index (χ3v) is 8.47. The van der Waals surface area contributed by atoms with E-state index < -0.39 is 11.2 Å². The van der Waals surface area contributed by atoms with Crippen LogP contribution in [0.3, 0.4) is 0 Å². The molecule has 4 fully saturated rings. The molecule has 0 spiro atoms. The fourth-order valence-electron chi connectivity index (χ4n) is 5.53. The molecule has 2 saturated carbocycles. The summed E-state index contributed by atoms with van der Waals surface area (Å²) in [7, 11) is 0. The molecule has 2 saturated heterocycles. The Morgan fingerprint density at radius 1 is 0.800 bits per heavy atom. The lowest BCUT2D eigenvalue weighted by atomic mass is 9.68. The fraction of sp³-hybridized carbons (Fsp3) is 0.846. The van der Waals surface area contributed by atoms with Crippen LogP contribution in [0, 0.1) is 11.8 Å². The average molecular weight is 425 g/mol. The molecule has 0 radical (unpaired) electrons. The van der Waals surface area contributed by atoms with E-state index in [1.165, 1.54) is 11.1 Å². The molecule has 4 aliphatic rings. The molecular weight excluding hydrogens is 376 g/mol. The Morgan fingerprint density at radius 3 is 1.33 bits per heavy atom. The number of aliphatic hydroxyl groups is 2. The zero-order chi connectivity index (χ0) is 21.1. The van der Waals surface area contributed by atoms with E-state index in [0.29, 0.717) is 11.8 Å². The van der Waals surface area contributed by atoms with Gasteiger partial charge in [-0.15, -0.1) is 0 Å². The van der Waals surface area contributed by atoms with Crippen molar-refractivity contribution in [2.75, 3.05) is 0 Å². The minimum absolute atomic E-state index is 0. The molecule has 2 N–H and O–H groups in total. The van der Waals surface area contributed by atoms with E-state index in [1.54, 1.807) is 0 Å². The molecule has 4 rings (SSSR count). The van der Waals surface area contributed by atoms with Crippen molar-refractivity contribution in [2.45, 2.75) is 130 Å². The maximum atomic E-state index is 10.5. The first-order valence-electron chi connectivity index (χ1n) is 11.0. The Balaban J connectivity index is 0.000000281. The highest BCUT2D eigenvalue weighted by Gasteiger charge is 2.68. The summed E-state index contributed by atoms with van der Waals surface area (Å²) >= 11 is 0. The lowest BCUT2D eigenvalue weighted by molar-refractivity contribution is -0.0541. The lowest BCUT2D eigenvalue weighted by Gasteiger charge is -2.38. The highest BCUT2D eigenvalue weighted by atomic mass is 16.6. The molecule has 2 heterocycles. The molecule has 0 bridgehead atoms. The van der Waals surface area contributed by atoms with Gasteiger partial charge in [0, 0.05) is 0 Å². The van der Waals surface area contributed by atoms with Crippen LogP contribution in [0.25, 0.3) is 0 Å². The second-order valence-corrected chi connectivity index (χ2v) is 10.2. The second kappa shape index (κ2) is 8.69. The molecule has 0 amide bonds. The Hall–Kier alpha value is -0.680. The van der Waals surface area contributed by atoms with Gasteiger partial charge in [0.2, 0.25) is 0 Å². The van der Waals surface area contributed by atoms with Gasteiger partial charge >= 0.3 is 0 Å². The summed E-state index contributed by atoms with van der Waals surface area (Å²) in [5, 5.41) is 21.0. The molecular formula is C26H48O4. The Bertz CT molecular complexity index is 603. The molecule has 0 aromatic carbocycles. The van der Waals surface area contributed by atoms with Crippen molar-refractivity contribution in [3.63, 3.8) is 0 Å². The van der Waals surface area contributed by atoms with Crippen molar-refractivity contribution in [3.8, 4) is 0 Å². The number of hydrogen-bond acceptors (Lipinski definition) is 4. The Labute approximate surface area is 185 Å². The van der Waals surface area contributed by atoms with Crippen molar-refractivity contribution in [3.05, 3.63) is 24.3 Å². The smallest absolute Gasteiger partial charge is 0.120 e. The van der Waals surface area contributed by atoms with Crippen molar-refractivity contribution >= 4 is 0 Å². The topological polar surface area (TPSA) is 65.5 Å². The van der Waals surface area contributed by atoms with Crippen LogP contribution in [-0.2, 0) is 9.47 Å². The molecule has 2 aliphatic carbocycles. The highest BCUT2D eigenvalue weighted by molar-refractivity contribution is 5.21. The summed E-state index contributed by atoms with van der Waals surface area (Å²) in [4.78, 5) is 0. The maximum absolute atomic E-state index is 10.5. The van der Waals surface area contributed by atoms with Gasteiger partial charge in [-0.25, -0.2) is 0 Å². The van der Waals surface area contributed by atoms with Gasteiger partial charge in [0.05, 0.1) is 23.4 Å². The summed E-state index contributed by atoms with van der Waals surface area (Å²) < 4.78 is 11.3. The van der Waals surface area contributed by atoms with E-state index in [9.17, 15) is 10.2 Å². The molecule has 2 aliphatic heterocycles. The van der Waals surface area contributed by atoms with Crippen molar-refractivity contribution < 1.29 is 19.7 Å².